The van der Waals surface area contributed by atoms with Crippen LogP contribution in [0.15, 0.2) is 49.5 Å². The third-order valence-electron chi connectivity index (χ3n) is 5.87. The fourth-order valence-electron chi connectivity index (χ4n) is 4.05. The number of nitrogens with one attached hydrogen (secondary N) is 2. The molecule has 0 fully saturated rings. The van der Waals surface area contributed by atoms with E-state index in [4.69, 9.17) is 0 Å². The summed E-state index contributed by atoms with van der Waals surface area (Å²) in [5.74, 6) is 0.949. The highest BCUT2D eigenvalue weighted by Crippen LogP contribution is 2.30. The van der Waals surface area contributed by atoms with E-state index >= 15 is 0 Å². The number of aromatic amines is 2. The Bertz CT molecular complexity index is 1500. The van der Waals surface area contributed by atoms with Gasteiger partial charge in [-0.25, -0.2) is 4.98 Å². The van der Waals surface area contributed by atoms with Gasteiger partial charge in [0.25, 0.3) is 0 Å². The first kappa shape index (κ1) is 19.1. The first-order valence-corrected chi connectivity index (χ1v) is 10.3. The molecule has 5 rings (SSSR count). The van der Waals surface area contributed by atoms with Gasteiger partial charge in [0, 0.05) is 29.4 Å². The summed E-state index contributed by atoms with van der Waals surface area (Å²) < 4.78 is 2.04. The zero-order valence-electron chi connectivity index (χ0n) is 17.9. The Morgan fingerprint density at radius 1 is 1.26 bits per heavy atom. The van der Waals surface area contributed by atoms with E-state index in [1.54, 1.807) is 0 Å². The maximum Gasteiger partial charge on any atom is 0.116 e. The van der Waals surface area contributed by atoms with Gasteiger partial charge in [0.05, 0.1) is 34.6 Å². The van der Waals surface area contributed by atoms with Crippen molar-refractivity contribution in [2.24, 2.45) is 7.05 Å². The monoisotopic (exact) mass is 408 g/mol. The van der Waals surface area contributed by atoms with Crippen LogP contribution in [0.4, 0.5) is 0 Å². The van der Waals surface area contributed by atoms with Crippen molar-refractivity contribution in [2.45, 2.75) is 20.3 Å². The smallest absolute Gasteiger partial charge is 0.116 e. The molecule has 6 nitrogen and oxygen atoms in total. The van der Waals surface area contributed by atoms with E-state index in [9.17, 15) is 0 Å². The molecule has 0 aliphatic heterocycles. The van der Waals surface area contributed by atoms with Crippen LogP contribution in [-0.2, 0) is 7.05 Å². The van der Waals surface area contributed by atoms with Gasteiger partial charge in [-0.2, -0.15) is 5.10 Å². The molecule has 0 saturated carbocycles. The van der Waals surface area contributed by atoms with Crippen LogP contribution in [0.5, 0.6) is 0 Å². The van der Waals surface area contributed by atoms with Crippen LogP contribution in [0.25, 0.3) is 45.6 Å². The number of aromatic nitrogens is 6. The quantitative estimate of drug-likeness (QED) is 0.541. The topological polar surface area (TPSA) is 75.2 Å². The zero-order chi connectivity index (χ0) is 21.5. The van der Waals surface area contributed by atoms with Crippen LogP contribution < -0.4 is 10.6 Å². The predicted molar refractivity (Wildman–Crippen MR) is 126 cm³/mol. The van der Waals surface area contributed by atoms with E-state index in [1.165, 1.54) is 5.57 Å². The maximum absolute atomic E-state index is 4.62. The number of rotatable bonds is 4. The maximum atomic E-state index is 4.62. The van der Waals surface area contributed by atoms with Gasteiger partial charge in [-0.05, 0) is 43.6 Å². The average molecular weight is 409 g/mol. The minimum Gasteiger partial charge on any atom is -0.352 e. The molecule has 2 N–H and O–H groups in total. The second-order valence-corrected chi connectivity index (χ2v) is 7.74. The van der Waals surface area contributed by atoms with E-state index in [2.05, 4.69) is 62.1 Å². The number of imidazole rings is 1. The van der Waals surface area contributed by atoms with Crippen molar-refractivity contribution in [1.29, 1.82) is 0 Å². The minimum atomic E-state index is 0.853. The Labute approximate surface area is 180 Å². The van der Waals surface area contributed by atoms with E-state index < -0.39 is 0 Å². The Kier molecular flexibility index (Phi) is 4.55. The summed E-state index contributed by atoms with van der Waals surface area (Å²) in [5.41, 5.74) is 6.99. The molecular weight excluding hydrogens is 384 g/mol. The van der Waals surface area contributed by atoms with Gasteiger partial charge in [0.2, 0.25) is 0 Å². The van der Waals surface area contributed by atoms with E-state index in [-0.39, 0.29) is 0 Å². The summed E-state index contributed by atoms with van der Waals surface area (Å²) in [6.07, 6.45) is 17.2. The SMILES string of the molecule is C=C(/C=c1/c(-c2cc3c(C4=CCC=C4)cncc3[nH]2)n[nH]/c1=C/C)c1cnc(C)n1C. The van der Waals surface area contributed by atoms with E-state index in [0.29, 0.717) is 0 Å². The number of aryl methyl sites for hydroxylation is 1. The van der Waals surface area contributed by atoms with E-state index in [0.717, 1.165) is 61.9 Å². The van der Waals surface area contributed by atoms with Crippen LogP contribution in [-0.4, -0.2) is 29.7 Å². The van der Waals surface area contributed by atoms with Crippen molar-refractivity contribution in [3.05, 3.63) is 77.1 Å². The lowest BCUT2D eigenvalue weighted by Gasteiger charge is -2.02. The Hall–Kier alpha value is -3.93. The summed E-state index contributed by atoms with van der Waals surface area (Å²) in [6, 6.07) is 2.16. The molecule has 4 aromatic heterocycles. The van der Waals surface area contributed by atoms with Crippen LogP contribution in [0, 0.1) is 6.92 Å². The first-order chi connectivity index (χ1) is 15.1. The van der Waals surface area contributed by atoms with Crippen LogP contribution >= 0.6 is 0 Å². The lowest BCUT2D eigenvalue weighted by atomic mass is 10.1. The molecule has 31 heavy (non-hydrogen) atoms. The number of H-pyrrole nitrogens is 2. The number of allylic oxidation sites excluding steroid dienone is 5. The van der Waals surface area contributed by atoms with Gasteiger partial charge in [0.1, 0.15) is 11.5 Å². The molecule has 1 aliphatic carbocycles. The molecule has 0 radical (unpaired) electrons. The second kappa shape index (κ2) is 7.40. The van der Waals surface area contributed by atoms with Gasteiger partial charge in [-0.15, -0.1) is 0 Å². The number of pyridine rings is 1. The van der Waals surface area contributed by atoms with Gasteiger partial charge in [-0.3, -0.25) is 10.1 Å². The van der Waals surface area contributed by atoms with Gasteiger partial charge < -0.3 is 9.55 Å². The first-order valence-electron chi connectivity index (χ1n) is 10.3. The fraction of sp³-hybridized carbons (Fsp3) is 0.160. The molecule has 0 bridgehead atoms. The molecule has 0 saturated heterocycles. The number of nitrogens with zero attached hydrogens (tertiary/aromatic N) is 4. The highest BCUT2D eigenvalue weighted by atomic mass is 15.1. The molecule has 6 heteroatoms. The molecule has 0 amide bonds. The molecule has 154 valence electrons. The minimum absolute atomic E-state index is 0.853. The highest BCUT2D eigenvalue weighted by Gasteiger charge is 2.14. The number of hydrogen-bond donors (Lipinski definition) is 2. The normalized spacial score (nSPS) is 14.7. The lowest BCUT2D eigenvalue weighted by Crippen LogP contribution is -2.23. The van der Waals surface area contributed by atoms with Gasteiger partial charge in [0.15, 0.2) is 0 Å². The fourth-order valence-corrected chi connectivity index (χ4v) is 4.05. The van der Waals surface area contributed by atoms with Crippen LogP contribution in [0.2, 0.25) is 0 Å². The van der Waals surface area contributed by atoms with Crippen LogP contribution in [0.1, 0.15) is 30.4 Å². The van der Waals surface area contributed by atoms with E-state index in [1.807, 2.05) is 50.1 Å². The molecule has 0 unspecified atom stereocenters. The molecule has 0 atom stereocenters. The summed E-state index contributed by atoms with van der Waals surface area (Å²) >= 11 is 0. The molecule has 0 aromatic carbocycles. The Balaban J connectivity index is 1.67. The Morgan fingerprint density at radius 3 is 2.84 bits per heavy atom. The largest absolute Gasteiger partial charge is 0.352 e. The van der Waals surface area contributed by atoms with Crippen molar-refractivity contribution in [3.8, 4) is 11.4 Å². The van der Waals surface area contributed by atoms with Gasteiger partial charge >= 0.3 is 0 Å². The van der Waals surface area contributed by atoms with Crippen molar-refractivity contribution >= 4 is 34.2 Å². The molecule has 4 heterocycles. The standard InChI is InChI=1S/C25H24N6/c1-5-21-19(10-15(2)24-14-27-16(3)31(24)4)25(30-29-21)22-11-18-20(17-8-6-7-9-17)12-26-13-23(18)28-22/h5-6,8-14,28-29H,2,7H2,1,3-4H3/b19-10+,21-5+. The van der Waals surface area contributed by atoms with Crippen molar-refractivity contribution < 1.29 is 0 Å². The zero-order valence-corrected chi connectivity index (χ0v) is 17.9. The summed E-state index contributed by atoms with van der Waals surface area (Å²) in [6.45, 7) is 8.27. The van der Waals surface area contributed by atoms with Crippen molar-refractivity contribution in [3.63, 3.8) is 0 Å². The summed E-state index contributed by atoms with van der Waals surface area (Å²) in [7, 11) is 2.00. The summed E-state index contributed by atoms with van der Waals surface area (Å²) in [5, 5.41) is 10.9. The lowest BCUT2D eigenvalue weighted by molar-refractivity contribution is 0.847. The van der Waals surface area contributed by atoms with Gasteiger partial charge in [-0.1, -0.05) is 30.9 Å². The molecule has 0 spiro atoms. The molecular formula is C25H24N6. The van der Waals surface area contributed by atoms with Crippen molar-refractivity contribution in [1.82, 2.24) is 29.7 Å². The third kappa shape index (κ3) is 3.17. The van der Waals surface area contributed by atoms with Crippen molar-refractivity contribution in [2.75, 3.05) is 0 Å². The Morgan fingerprint density at radius 2 is 2.13 bits per heavy atom. The molecule has 4 aromatic rings. The number of hydrogen-bond acceptors (Lipinski definition) is 3. The predicted octanol–water partition coefficient (Wildman–Crippen LogP) is 3.63. The highest BCUT2D eigenvalue weighted by molar-refractivity contribution is 5.97. The third-order valence-corrected chi connectivity index (χ3v) is 5.87. The van der Waals surface area contributed by atoms with Crippen LogP contribution in [0.3, 0.4) is 0 Å². The second-order valence-electron chi connectivity index (χ2n) is 7.74. The summed E-state index contributed by atoms with van der Waals surface area (Å²) in [4.78, 5) is 12.3. The average Bonchev–Trinajstić information content (AvgIpc) is 3.55. The molecule has 1 aliphatic rings. The number of fused-ring (bicyclic) bond motifs is 1.